The van der Waals surface area contributed by atoms with Gasteiger partial charge in [-0.1, -0.05) is 0 Å². The molecule has 21 heteroatoms. The summed E-state index contributed by atoms with van der Waals surface area (Å²) in [6, 6.07) is 0. The SMILES string of the molecule is Nc1nc2c(ncn2[C@@H]2SC(OPOC[C@H]3[C@H](F)[C@H](n4cnc5c(N)ncnc54)O[C@@H]3COP)[C@@H](F)[C@H]2CS)c(=O)[nH]1. The number of fused-ring (bicyclic) bond motifs is 2. The summed E-state index contributed by atoms with van der Waals surface area (Å²) in [7, 11) is 1.52. The molecule has 0 saturated carbocycles. The predicted octanol–water partition coefficient (Wildman–Crippen LogP) is 1.78. The first-order chi connectivity index (χ1) is 20.3. The van der Waals surface area contributed by atoms with Crippen molar-refractivity contribution in [2.75, 3.05) is 30.4 Å². The Morgan fingerprint density at radius 2 is 1.88 bits per heavy atom. The topological polar surface area (TPSA) is 196 Å². The number of hydrogen-bond acceptors (Lipinski definition) is 14. The van der Waals surface area contributed by atoms with Gasteiger partial charge in [0, 0.05) is 21.3 Å². The van der Waals surface area contributed by atoms with Crippen LogP contribution in [0.1, 0.15) is 11.6 Å². The Morgan fingerprint density at radius 1 is 1.10 bits per heavy atom. The van der Waals surface area contributed by atoms with Crippen molar-refractivity contribution in [1.82, 2.24) is 39.0 Å². The summed E-state index contributed by atoms with van der Waals surface area (Å²) in [5.41, 5.74) is 11.2. The van der Waals surface area contributed by atoms with Crippen molar-refractivity contribution in [3.05, 3.63) is 29.3 Å². The first kappa shape index (κ1) is 29.8. The lowest BCUT2D eigenvalue weighted by Crippen LogP contribution is -2.29. The van der Waals surface area contributed by atoms with Crippen LogP contribution in [-0.4, -0.2) is 81.9 Å². The van der Waals surface area contributed by atoms with Gasteiger partial charge in [-0.15, -0.1) is 11.8 Å². The van der Waals surface area contributed by atoms with Crippen LogP contribution < -0.4 is 17.0 Å². The van der Waals surface area contributed by atoms with Gasteiger partial charge in [0.1, 0.15) is 23.5 Å². The summed E-state index contributed by atoms with van der Waals surface area (Å²) >= 11 is 5.52. The van der Waals surface area contributed by atoms with Crippen molar-refractivity contribution < 1.29 is 27.1 Å². The second-order valence-corrected chi connectivity index (χ2v) is 12.2. The number of alkyl halides is 2. The number of nitrogens with one attached hydrogen (secondary N) is 1. The maximum absolute atomic E-state index is 15.7. The summed E-state index contributed by atoms with van der Waals surface area (Å²) in [6.45, 7) is 0.00433. The largest absolute Gasteiger partial charge is 0.382 e. The molecule has 2 aliphatic heterocycles. The molecular formula is C21H26F2N10O5P2S2. The van der Waals surface area contributed by atoms with Crippen molar-refractivity contribution in [2.24, 2.45) is 11.8 Å². The minimum atomic E-state index is -1.51. The normalized spacial score (nSPS) is 30.0. The average molecular weight is 663 g/mol. The lowest BCUT2D eigenvalue weighted by atomic mass is 10.0. The van der Waals surface area contributed by atoms with Crippen LogP contribution in [0.15, 0.2) is 23.8 Å². The molecule has 5 N–H and O–H groups in total. The van der Waals surface area contributed by atoms with Gasteiger partial charge in [0.15, 0.2) is 44.1 Å². The monoisotopic (exact) mass is 662 g/mol. The van der Waals surface area contributed by atoms with Gasteiger partial charge < -0.3 is 34.3 Å². The molecule has 0 aromatic carbocycles. The molecule has 42 heavy (non-hydrogen) atoms. The van der Waals surface area contributed by atoms with E-state index in [9.17, 15) is 4.79 Å². The first-order valence-electron chi connectivity index (χ1n) is 12.5. The Hall–Kier alpha value is -2.24. The minimum absolute atomic E-state index is 0.0764. The fourth-order valence-corrected chi connectivity index (χ4v) is 8.06. The number of anilines is 2. The maximum atomic E-state index is 15.7. The third-order valence-electron chi connectivity index (χ3n) is 7.14. The molecule has 2 fully saturated rings. The Labute approximate surface area is 249 Å². The summed E-state index contributed by atoms with van der Waals surface area (Å²) < 4.78 is 56.9. The van der Waals surface area contributed by atoms with Gasteiger partial charge in [0.05, 0.1) is 37.3 Å². The lowest BCUT2D eigenvalue weighted by Gasteiger charge is -2.19. The van der Waals surface area contributed by atoms with Gasteiger partial charge in [-0.3, -0.25) is 14.3 Å². The van der Waals surface area contributed by atoms with E-state index in [0.29, 0.717) is 11.2 Å². The van der Waals surface area contributed by atoms with Crippen molar-refractivity contribution in [3.63, 3.8) is 0 Å². The maximum Gasteiger partial charge on any atom is 0.280 e. The van der Waals surface area contributed by atoms with Crippen LogP contribution in [0.25, 0.3) is 22.3 Å². The molecule has 3 unspecified atom stereocenters. The van der Waals surface area contributed by atoms with E-state index in [1.54, 1.807) is 4.57 Å². The molecule has 4 aromatic rings. The quantitative estimate of drug-likeness (QED) is 0.109. The van der Waals surface area contributed by atoms with Crippen LogP contribution in [0.3, 0.4) is 0 Å². The number of ether oxygens (including phenoxy) is 1. The summed E-state index contributed by atoms with van der Waals surface area (Å²) in [4.78, 5) is 35.1. The van der Waals surface area contributed by atoms with Gasteiger partial charge >= 0.3 is 0 Å². The van der Waals surface area contributed by atoms with Gasteiger partial charge in [0.2, 0.25) is 5.95 Å². The van der Waals surface area contributed by atoms with Crippen LogP contribution in [-0.2, 0) is 18.3 Å². The molecule has 6 rings (SSSR count). The highest BCUT2D eigenvalue weighted by atomic mass is 32.2. The Balaban J connectivity index is 1.11. The van der Waals surface area contributed by atoms with E-state index in [0.717, 1.165) is 0 Å². The number of aromatic nitrogens is 8. The molecule has 2 aliphatic rings. The molecule has 0 aliphatic carbocycles. The predicted molar refractivity (Wildman–Crippen MR) is 158 cm³/mol. The Kier molecular flexibility index (Phi) is 8.80. The fourth-order valence-electron chi connectivity index (χ4n) is 5.07. The van der Waals surface area contributed by atoms with Gasteiger partial charge in [-0.05, 0) is 5.75 Å². The number of hydrogen-bond donors (Lipinski definition) is 4. The van der Waals surface area contributed by atoms with E-state index >= 15 is 8.78 Å². The van der Waals surface area contributed by atoms with E-state index in [2.05, 4.69) is 52.0 Å². The third-order valence-corrected chi connectivity index (χ3v) is 10.0. The molecule has 6 heterocycles. The van der Waals surface area contributed by atoms with Crippen molar-refractivity contribution >= 4 is 77.0 Å². The smallest absolute Gasteiger partial charge is 0.280 e. The number of aromatic amines is 1. The van der Waals surface area contributed by atoms with E-state index in [-0.39, 0.29) is 41.9 Å². The number of thiol groups is 1. The molecule has 4 aromatic heterocycles. The van der Waals surface area contributed by atoms with Crippen LogP contribution >= 0.6 is 42.9 Å². The average Bonchev–Trinajstić information content (AvgIpc) is 3.72. The molecule has 2 saturated heterocycles. The minimum Gasteiger partial charge on any atom is -0.382 e. The number of nitrogen functional groups attached to an aromatic ring is 2. The van der Waals surface area contributed by atoms with Gasteiger partial charge in [-0.2, -0.15) is 17.6 Å². The zero-order chi connectivity index (χ0) is 29.5. The summed E-state index contributed by atoms with van der Waals surface area (Å²) in [5, 5.41) is -0.517. The first-order valence-corrected chi connectivity index (χ1v) is 15.4. The van der Waals surface area contributed by atoms with Gasteiger partial charge in [-0.25, -0.2) is 28.7 Å². The van der Waals surface area contributed by atoms with E-state index in [4.69, 9.17) is 29.8 Å². The number of halogens is 2. The van der Waals surface area contributed by atoms with Crippen LogP contribution in [0.4, 0.5) is 20.5 Å². The van der Waals surface area contributed by atoms with Gasteiger partial charge in [0.25, 0.3) is 5.56 Å². The number of nitrogens with two attached hydrogens (primary N) is 2. The molecule has 10 atom stereocenters. The molecule has 0 spiro atoms. The lowest BCUT2D eigenvalue weighted by molar-refractivity contribution is -0.0333. The van der Waals surface area contributed by atoms with Crippen molar-refractivity contribution in [3.8, 4) is 0 Å². The third kappa shape index (κ3) is 5.34. The van der Waals surface area contributed by atoms with Crippen LogP contribution in [0.5, 0.6) is 0 Å². The molecule has 226 valence electrons. The Morgan fingerprint density at radius 3 is 2.67 bits per heavy atom. The van der Waals surface area contributed by atoms with Crippen molar-refractivity contribution in [1.29, 1.82) is 0 Å². The van der Waals surface area contributed by atoms with E-state index in [1.807, 2.05) is 0 Å². The molecular weight excluding hydrogens is 636 g/mol. The summed E-state index contributed by atoms with van der Waals surface area (Å²) in [5.74, 6) is -1.03. The fraction of sp³-hybridized carbons (Fsp3) is 0.524. The zero-order valence-electron chi connectivity index (χ0n) is 21.5. The number of imidazole rings is 2. The second-order valence-electron chi connectivity index (χ2n) is 9.56. The molecule has 0 radical (unpaired) electrons. The molecule has 0 bridgehead atoms. The molecule has 15 nitrogen and oxygen atoms in total. The number of H-pyrrole nitrogens is 1. The Bertz CT molecular complexity index is 1630. The highest BCUT2D eigenvalue weighted by Gasteiger charge is 2.48. The standard InChI is InChI=1S/C21H26F2N10O5P2S2/c22-10-7(9(2-35-39)37-18(10)32-5-28-12-14(24)26-4-27-15(12)32)1-36-40-38-20-11(23)8(3-41)19(42-20)33-6-29-13-16(33)30-21(25)31-17(13)34/h4-11,18-20,40-41H,1-3,39H2,(H2,24,26,27)(H3,25,30,31,34)/t7-,8-,9-,10+,11+,18-,19-,20?/m1/s1. The highest BCUT2D eigenvalue weighted by molar-refractivity contribution is 8.00. The summed E-state index contributed by atoms with van der Waals surface area (Å²) in [6.07, 6.45) is -0.553. The zero-order valence-corrected chi connectivity index (χ0v) is 25.4. The van der Waals surface area contributed by atoms with E-state index < -0.39 is 61.9 Å². The van der Waals surface area contributed by atoms with E-state index in [1.165, 1.54) is 35.3 Å². The van der Waals surface area contributed by atoms with Crippen LogP contribution in [0, 0.1) is 11.8 Å². The highest BCUT2D eigenvalue weighted by Crippen LogP contribution is 2.51. The number of rotatable bonds is 10. The van der Waals surface area contributed by atoms with Crippen molar-refractivity contribution in [2.45, 2.75) is 35.5 Å². The second kappa shape index (κ2) is 12.4. The van der Waals surface area contributed by atoms with Crippen LogP contribution in [0.2, 0.25) is 0 Å². The number of thioether (sulfide) groups is 1. The molecule has 0 amide bonds. The number of nitrogens with zero attached hydrogens (tertiary/aromatic N) is 7.